The van der Waals surface area contributed by atoms with Crippen LogP contribution in [0.1, 0.15) is 22.6 Å². The molecule has 0 radical (unpaired) electrons. The highest BCUT2D eigenvalue weighted by Crippen LogP contribution is 2.33. The van der Waals surface area contributed by atoms with Gasteiger partial charge >= 0.3 is 0 Å². The number of hydrogen-bond acceptors (Lipinski definition) is 7. The molecule has 2 heterocycles. The van der Waals surface area contributed by atoms with Crippen molar-refractivity contribution in [2.24, 2.45) is 20.3 Å². The van der Waals surface area contributed by atoms with E-state index >= 15 is 0 Å². The van der Waals surface area contributed by atoms with Gasteiger partial charge in [-0.1, -0.05) is 36.4 Å². The molecule has 0 amide bonds. The third kappa shape index (κ3) is 5.65. The van der Waals surface area contributed by atoms with E-state index < -0.39 is 0 Å². The number of amidine groups is 1. The van der Waals surface area contributed by atoms with E-state index in [0.717, 1.165) is 33.8 Å². The molecule has 2 N–H and O–H groups in total. The summed E-state index contributed by atoms with van der Waals surface area (Å²) in [5.74, 6) is 0.672. The van der Waals surface area contributed by atoms with Crippen molar-refractivity contribution in [2.75, 3.05) is 24.4 Å². The molecule has 1 aromatic heterocycles. The number of hydrazone groups is 1. The number of aromatic hydroxyl groups is 1. The highest BCUT2D eigenvalue weighted by Gasteiger charge is 2.18. The Bertz CT molecular complexity index is 1630. The molecule has 0 fully saturated rings. The molecular weight excluding hydrogens is 508 g/mol. The molecular formula is C29H26N8OS. The van der Waals surface area contributed by atoms with Crippen LogP contribution in [0.3, 0.4) is 0 Å². The molecule has 0 bridgehead atoms. The number of allylic oxidation sites excluding steroid dienone is 1. The minimum atomic E-state index is -0.127. The van der Waals surface area contributed by atoms with Gasteiger partial charge in [0.2, 0.25) is 16.8 Å². The first-order valence-electron chi connectivity index (χ1n) is 12.2. The number of rotatable bonds is 5. The molecule has 0 saturated carbocycles. The van der Waals surface area contributed by atoms with Gasteiger partial charge in [0, 0.05) is 42.7 Å². The van der Waals surface area contributed by atoms with E-state index in [9.17, 15) is 5.11 Å². The zero-order valence-electron chi connectivity index (χ0n) is 21.6. The molecule has 0 aliphatic carbocycles. The van der Waals surface area contributed by atoms with Crippen LogP contribution in [-0.4, -0.2) is 45.9 Å². The molecule has 0 atom stereocenters. The zero-order chi connectivity index (χ0) is 27.4. The topological polar surface area (TPSA) is 103 Å². The third-order valence-corrected chi connectivity index (χ3v) is 6.29. The summed E-state index contributed by atoms with van der Waals surface area (Å²) < 4.78 is 1.38. The molecule has 1 aliphatic rings. The quantitative estimate of drug-likeness (QED) is 0.103. The molecule has 194 valence electrons. The van der Waals surface area contributed by atoms with Crippen LogP contribution in [0, 0.1) is 6.92 Å². The van der Waals surface area contributed by atoms with Gasteiger partial charge in [0.15, 0.2) is 0 Å². The van der Waals surface area contributed by atoms with Gasteiger partial charge in [-0.15, -0.1) is 10.2 Å². The number of benzene rings is 3. The van der Waals surface area contributed by atoms with E-state index in [1.165, 1.54) is 4.57 Å². The maximum atomic E-state index is 11.0. The van der Waals surface area contributed by atoms with Crippen molar-refractivity contribution in [3.8, 4) is 5.88 Å². The Balaban J connectivity index is 1.43. The standard InChI is InChI=1S/C29H26N8OS/c1-19-31-26(17-21-18-30-25-12-8-7-11-24(21)25)28(38)37(19)29(39)35-34-27(33-32-22-9-5-4-6-10-22)20-13-15-23(16-14-20)36(2)3/h4-18,32,38H,1-3H3/b21-17+,33-27+,35-34?. The lowest BCUT2D eigenvalue weighted by Crippen LogP contribution is -2.10. The summed E-state index contributed by atoms with van der Waals surface area (Å²) in [7, 11) is 3.95. The number of aliphatic imine (C=N–C) groups is 1. The predicted molar refractivity (Wildman–Crippen MR) is 161 cm³/mol. The van der Waals surface area contributed by atoms with E-state index in [2.05, 4.69) is 30.7 Å². The molecule has 1 aliphatic heterocycles. The number of hydrogen-bond donors (Lipinski definition) is 2. The fourth-order valence-electron chi connectivity index (χ4n) is 3.99. The van der Waals surface area contributed by atoms with Crippen molar-refractivity contribution in [3.05, 3.63) is 102 Å². The van der Waals surface area contributed by atoms with E-state index in [0.29, 0.717) is 17.4 Å². The Morgan fingerprint density at radius 2 is 1.69 bits per heavy atom. The van der Waals surface area contributed by atoms with Crippen LogP contribution in [-0.2, 0) is 0 Å². The number of nitrogens with zero attached hydrogens (tertiary/aromatic N) is 7. The van der Waals surface area contributed by atoms with Crippen molar-refractivity contribution >= 4 is 58.1 Å². The number of azo groups is 1. The first kappa shape index (κ1) is 25.7. The Kier molecular flexibility index (Phi) is 7.37. The fraction of sp³-hybridized carbons (Fsp3) is 0.103. The van der Waals surface area contributed by atoms with Crippen LogP contribution in [0.2, 0.25) is 0 Å². The summed E-state index contributed by atoms with van der Waals surface area (Å²) in [5, 5.41) is 24.1. The van der Waals surface area contributed by atoms with Crippen molar-refractivity contribution in [3.63, 3.8) is 0 Å². The molecule has 3 aromatic carbocycles. The number of anilines is 2. The number of thiocarbonyl (C=S) groups is 1. The highest BCUT2D eigenvalue weighted by molar-refractivity contribution is 7.80. The van der Waals surface area contributed by atoms with Crippen molar-refractivity contribution in [2.45, 2.75) is 6.92 Å². The first-order valence-corrected chi connectivity index (χ1v) is 12.6. The number of fused-ring (bicyclic) bond motifs is 1. The molecule has 0 saturated heterocycles. The van der Waals surface area contributed by atoms with Crippen LogP contribution in [0.5, 0.6) is 5.88 Å². The predicted octanol–water partition coefficient (Wildman–Crippen LogP) is 6.28. The van der Waals surface area contributed by atoms with E-state index in [4.69, 9.17) is 12.2 Å². The summed E-state index contributed by atoms with van der Waals surface area (Å²) >= 11 is 5.53. The molecule has 10 heteroatoms. The average molecular weight is 535 g/mol. The summed E-state index contributed by atoms with van der Waals surface area (Å²) in [5.41, 5.74) is 8.65. The summed E-state index contributed by atoms with van der Waals surface area (Å²) in [4.78, 5) is 10.9. The number of para-hydroxylation sites is 2. The highest BCUT2D eigenvalue weighted by atomic mass is 32.1. The molecule has 4 aromatic rings. The van der Waals surface area contributed by atoms with E-state index in [-0.39, 0.29) is 11.0 Å². The second kappa shape index (κ2) is 11.2. The minimum absolute atomic E-state index is 0.0277. The summed E-state index contributed by atoms with van der Waals surface area (Å²) in [6.45, 7) is 1.74. The van der Waals surface area contributed by atoms with Crippen LogP contribution in [0.15, 0.2) is 99.2 Å². The number of nitrogens with one attached hydrogen (secondary N) is 1. The van der Waals surface area contributed by atoms with Gasteiger partial charge in [0.05, 0.1) is 11.4 Å². The molecule has 39 heavy (non-hydrogen) atoms. The zero-order valence-corrected chi connectivity index (χ0v) is 22.5. The van der Waals surface area contributed by atoms with Crippen LogP contribution in [0.25, 0.3) is 11.6 Å². The van der Waals surface area contributed by atoms with Crippen molar-refractivity contribution < 1.29 is 5.11 Å². The Morgan fingerprint density at radius 3 is 2.44 bits per heavy atom. The summed E-state index contributed by atoms with van der Waals surface area (Å²) in [6.07, 6.45) is 3.53. The van der Waals surface area contributed by atoms with Crippen LogP contribution >= 0.6 is 12.2 Å². The normalized spacial score (nSPS) is 13.7. The molecule has 9 nitrogen and oxygen atoms in total. The van der Waals surface area contributed by atoms with Crippen LogP contribution < -0.4 is 10.3 Å². The molecule has 5 rings (SSSR count). The Labute approximate surface area is 231 Å². The fourth-order valence-corrected chi connectivity index (χ4v) is 4.25. The van der Waals surface area contributed by atoms with Gasteiger partial charge in [0.25, 0.3) is 0 Å². The second-order valence-corrected chi connectivity index (χ2v) is 9.28. The van der Waals surface area contributed by atoms with Gasteiger partial charge in [-0.3, -0.25) is 10.4 Å². The SMILES string of the molecule is Cc1nc(/C=C2\C=Nc3ccccc32)c(O)n1C(=S)N=N/C(=N/Nc1ccccc1)c1ccc(N(C)C)cc1. The van der Waals surface area contributed by atoms with Crippen molar-refractivity contribution in [1.29, 1.82) is 0 Å². The maximum absolute atomic E-state index is 11.0. The Morgan fingerprint density at radius 1 is 0.974 bits per heavy atom. The maximum Gasteiger partial charge on any atom is 0.228 e. The lowest BCUT2D eigenvalue weighted by molar-refractivity contribution is 0.444. The van der Waals surface area contributed by atoms with Gasteiger partial charge < -0.3 is 10.0 Å². The first-order chi connectivity index (χ1) is 18.9. The second-order valence-electron chi connectivity index (χ2n) is 8.92. The third-order valence-electron chi connectivity index (χ3n) is 6.02. The van der Waals surface area contributed by atoms with Crippen LogP contribution in [0.4, 0.5) is 17.1 Å². The molecule has 0 spiro atoms. The summed E-state index contributed by atoms with van der Waals surface area (Å²) in [6, 6.07) is 25.1. The van der Waals surface area contributed by atoms with Gasteiger partial charge in [-0.25, -0.2) is 9.55 Å². The smallest absolute Gasteiger partial charge is 0.228 e. The lowest BCUT2D eigenvalue weighted by Gasteiger charge is -2.12. The number of aromatic nitrogens is 2. The number of imidazole rings is 1. The minimum Gasteiger partial charge on any atom is -0.493 e. The average Bonchev–Trinajstić information content (AvgIpc) is 3.48. The Hall–Kier alpha value is -4.96. The van der Waals surface area contributed by atoms with Gasteiger partial charge in [-0.2, -0.15) is 5.10 Å². The number of aryl methyl sites for hydroxylation is 1. The van der Waals surface area contributed by atoms with E-state index in [1.807, 2.05) is 97.9 Å². The van der Waals surface area contributed by atoms with Gasteiger partial charge in [0.1, 0.15) is 11.5 Å². The van der Waals surface area contributed by atoms with Crippen molar-refractivity contribution in [1.82, 2.24) is 9.55 Å². The monoisotopic (exact) mass is 534 g/mol. The largest absolute Gasteiger partial charge is 0.493 e. The van der Waals surface area contributed by atoms with Gasteiger partial charge in [-0.05, 0) is 67.7 Å². The lowest BCUT2D eigenvalue weighted by atomic mass is 10.1. The van der Waals surface area contributed by atoms with E-state index in [1.54, 1.807) is 19.2 Å². The molecule has 0 unspecified atom stereocenters.